The number of aromatic nitrogens is 3. The number of aliphatic carboxylic acids is 1. The Kier molecular flexibility index (Phi) is 5.68. The average molecular weight is 261 g/mol. The Morgan fingerprint density at radius 3 is 2.81 bits per heavy atom. The molecule has 5 nitrogen and oxygen atoms in total. The molecule has 0 saturated heterocycles. The molecule has 0 saturated carbocycles. The Balaban J connectivity index is 2.69. The van der Waals surface area contributed by atoms with Crippen molar-refractivity contribution in [3.63, 3.8) is 0 Å². The zero-order valence-electron chi connectivity index (χ0n) is 9.34. The third-order valence-corrected chi connectivity index (χ3v) is 3.53. The smallest absolute Gasteiger partial charge is 0.313 e. The van der Waals surface area contributed by atoms with Gasteiger partial charge in [0.2, 0.25) is 0 Å². The van der Waals surface area contributed by atoms with E-state index in [1.54, 1.807) is 11.8 Å². The van der Waals surface area contributed by atoms with E-state index in [2.05, 4.69) is 10.2 Å². The molecule has 16 heavy (non-hydrogen) atoms. The van der Waals surface area contributed by atoms with Crippen LogP contribution in [0.25, 0.3) is 0 Å². The number of aryl methyl sites for hydroxylation is 1. The highest BCUT2D eigenvalue weighted by Gasteiger charge is 2.11. The second-order valence-electron chi connectivity index (χ2n) is 3.07. The number of carbonyl (C=O) groups is 1. The quantitative estimate of drug-likeness (QED) is 0.748. The average Bonchev–Trinajstić information content (AvgIpc) is 2.65. The second-order valence-corrected chi connectivity index (χ2v) is 5.00. The van der Waals surface area contributed by atoms with E-state index in [1.807, 2.05) is 17.7 Å². The molecule has 0 aromatic carbocycles. The van der Waals surface area contributed by atoms with E-state index in [0.29, 0.717) is 5.16 Å². The number of carboxylic acid groups (broad SMARTS) is 1. The van der Waals surface area contributed by atoms with Crippen LogP contribution in [0.4, 0.5) is 0 Å². The Labute approximate surface area is 103 Å². The zero-order valence-corrected chi connectivity index (χ0v) is 11.0. The van der Waals surface area contributed by atoms with Gasteiger partial charge >= 0.3 is 5.97 Å². The van der Waals surface area contributed by atoms with Gasteiger partial charge in [-0.15, -0.1) is 10.2 Å². The van der Waals surface area contributed by atoms with Gasteiger partial charge in [-0.25, -0.2) is 0 Å². The van der Waals surface area contributed by atoms with Crippen molar-refractivity contribution >= 4 is 29.5 Å². The van der Waals surface area contributed by atoms with E-state index in [-0.39, 0.29) is 5.75 Å². The van der Waals surface area contributed by atoms with Crippen LogP contribution in [-0.2, 0) is 17.8 Å². The molecule has 0 radical (unpaired) electrons. The van der Waals surface area contributed by atoms with Crippen molar-refractivity contribution in [2.75, 3.05) is 17.8 Å². The Bertz CT molecular complexity index is 355. The van der Waals surface area contributed by atoms with Crippen molar-refractivity contribution in [1.82, 2.24) is 14.8 Å². The lowest BCUT2D eigenvalue weighted by atomic mass is 10.4. The van der Waals surface area contributed by atoms with Crippen LogP contribution in [0.15, 0.2) is 5.16 Å². The first-order valence-electron chi connectivity index (χ1n) is 4.94. The summed E-state index contributed by atoms with van der Waals surface area (Å²) in [5.41, 5.74) is 0. The van der Waals surface area contributed by atoms with Crippen molar-refractivity contribution in [1.29, 1.82) is 0 Å². The SMILES string of the molecule is CCn1c(CCSC)nnc1SCC(=O)O. The van der Waals surface area contributed by atoms with Crippen molar-refractivity contribution in [3.8, 4) is 0 Å². The minimum Gasteiger partial charge on any atom is -0.481 e. The van der Waals surface area contributed by atoms with Gasteiger partial charge in [-0.1, -0.05) is 11.8 Å². The molecule has 0 bridgehead atoms. The maximum atomic E-state index is 10.5. The first-order chi connectivity index (χ1) is 7.69. The molecule has 90 valence electrons. The van der Waals surface area contributed by atoms with Crippen molar-refractivity contribution < 1.29 is 9.90 Å². The summed E-state index contributed by atoms with van der Waals surface area (Å²) in [5.74, 6) is 1.13. The molecule has 7 heteroatoms. The molecule has 1 aromatic rings. The lowest BCUT2D eigenvalue weighted by Gasteiger charge is -2.05. The minimum absolute atomic E-state index is 0.0284. The number of carboxylic acids is 1. The number of thioether (sulfide) groups is 2. The summed E-state index contributed by atoms with van der Waals surface area (Å²) in [6.45, 7) is 2.79. The molecule has 0 unspecified atom stereocenters. The van der Waals surface area contributed by atoms with Crippen LogP contribution in [0, 0.1) is 0 Å². The zero-order chi connectivity index (χ0) is 12.0. The van der Waals surface area contributed by atoms with Crippen LogP contribution >= 0.6 is 23.5 Å². The van der Waals surface area contributed by atoms with Gasteiger partial charge in [-0.3, -0.25) is 4.79 Å². The highest BCUT2D eigenvalue weighted by Crippen LogP contribution is 2.17. The van der Waals surface area contributed by atoms with Crippen LogP contribution < -0.4 is 0 Å². The van der Waals surface area contributed by atoms with Gasteiger partial charge < -0.3 is 9.67 Å². The summed E-state index contributed by atoms with van der Waals surface area (Å²) in [5, 5.41) is 17.4. The van der Waals surface area contributed by atoms with E-state index < -0.39 is 5.97 Å². The third kappa shape index (κ3) is 3.71. The fraction of sp³-hybridized carbons (Fsp3) is 0.667. The molecule has 1 aromatic heterocycles. The molecule has 0 aliphatic rings. The highest BCUT2D eigenvalue weighted by molar-refractivity contribution is 7.99. The van der Waals surface area contributed by atoms with E-state index in [1.165, 1.54) is 11.8 Å². The second kappa shape index (κ2) is 6.80. The summed E-state index contributed by atoms with van der Waals surface area (Å²) in [7, 11) is 0. The summed E-state index contributed by atoms with van der Waals surface area (Å²) < 4.78 is 1.98. The molecular weight excluding hydrogens is 246 g/mol. The van der Waals surface area contributed by atoms with Crippen LogP contribution in [0.2, 0.25) is 0 Å². The van der Waals surface area contributed by atoms with E-state index in [9.17, 15) is 4.79 Å². The fourth-order valence-corrected chi connectivity index (χ4v) is 2.38. The van der Waals surface area contributed by atoms with Crippen molar-refractivity contribution in [2.24, 2.45) is 0 Å². The Morgan fingerprint density at radius 2 is 2.25 bits per heavy atom. The molecule has 0 aliphatic heterocycles. The van der Waals surface area contributed by atoms with Crippen molar-refractivity contribution in [3.05, 3.63) is 5.82 Å². The molecule has 0 spiro atoms. The van der Waals surface area contributed by atoms with E-state index >= 15 is 0 Å². The maximum absolute atomic E-state index is 10.5. The summed E-state index contributed by atoms with van der Waals surface area (Å²) in [6, 6.07) is 0. The molecule has 1 N–H and O–H groups in total. The normalized spacial score (nSPS) is 10.6. The predicted octanol–water partition coefficient (Wildman–Crippen LogP) is 1.38. The Morgan fingerprint density at radius 1 is 1.50 bits per heavy atom. The van der Waals surface area contributed by atoms with Gasteiger partial charge in [0.15, 0.2) is 5.16 Å². The lowest BCUT2D eigenvalue weighted by Crippen LogP contribution is -2.06. The monoisotopic (exact) mass is 261 g/mol. The number of hydrogen-bond acceptors (Lipinski definition) is 5. The minimum atomic E-state index is -0.832. The fourth-order valence-electron chi connectivity index (χ4n) is 1.25. The van der Waals surface area contributed by atoms with Crippen LogP contribution in [-0.4, -0.2) is 43.6 Å². The predicted molar refractivity (Wildman–Crippen MR) is 66.1 cm³/mol. The van der Waals surface area contributed by atoms with Gasteiger partial charge in [0, 0.05) is 18.7 Å². The molecule has 1 heterocycles. The maximum Gasteiger partial charge on any atom is 0.313 e. The van der Waals surface area contributed by atoms with Crippen LogP contribution in [0.5, 0.6) is 0 Å². The molecular formula is C9H15N3O2S2. The molecule has 0 amide bonds. The highest BCUT2D eigenvalue weighted by atomic mass is 32.2. The number of nitrogens with zero attached hydrogens (tertiary/aromatic N) is 3. The molecule has 1 rings (SSSR count). The van der Waals surface area contributed by atoms with Gasteiger partial charge in [0.05, 0.1) is 5.75 Å². The number of rotatable bonds is 7. The molecule has 0 aliphatic carbocycles. The largest absolute Gasteiger partial charge is 0.481 e. The topological polar surface area (TPSA) is 68.0 Å². The Hall–Kier alpha value is -0.690. The third-order valence-electron chi connectivity index (χ3n) is 1.96. The van der Waals surface area contributed by atoms with Gasteiger partial charge in [-0.2, -0.15) is 11.8 Å². The first kappa shape index (κ1) is 13.4. The first-order valence-corrected chi connectivity index (χ1v) is 7.32. The van der Waals surface area contributed by atoms with Crippen LogP contribution in [0.1, 0.15) is 12.7 Å². The molecule has 0 atom stereocenters. The standard InChI is InChI=1S/C9H15N3O2S2/c1-3-12-7(4-5-15-2)10-11-9(12)16-6-8(13)14/h3-6H2,1-2H3,(H,13,14). The van der Waals surface area contributed by atoms with Gasteiger partial charge in [0.25, 0.3) is 0 Å². The summed E-state index contributed by atoms with van der Waals surface area (Å²) in [6.07, 6.45) is 2.92. The number of hydrogen-bond donors (Lipinski definition) is 1. The van der Waals surface area contributed by atoms with Gasteiger partial charge in [0.1, 0.15) is 5.82 Å². The van der Waals surface area contributed by atoms with Crippen LogP contribution in [0.3, 0.4) is 0 Å². The van der Waals surface area contributed by atoms with E-state index in [0.717, 1.165) is 24.5 Å². The van der Waals surface area contributed by atoms with E-state index in [4.69, 9.17) is 5.11 Å². The summed E-state index contributed by atoms with van der Waals surface area (Å²) >= 11 is 2.98. The van der Waals surface area contributed by atoms with Crippen molar-refractivity contribution in [2.45, 2.75) is 25.0 Å². The summed E-state index contributed by atoms with van der Waals surface area (Å²) in [4.78, 5) is 10.5. The molecule has 0 fully saturated rings. The lowest BCUT2D eigenvalue weighted by molar-refractivity contribution is -0.133. The van der Waals surface area contributed by atoms with Gasteiger partial charge in [-0.05, 0) is 13.2 Å².